The molecule has 0 spiro atoms. The molecule has 0 bridgehead atoms. The van der Waals surface area contributed by atoms with Gasteiger partial charge in [-0.1, -0.05) is 11.6 Å². The van der Waals surface area contributed by atoms with Crippen LogP contribution >= 0.6 is 11.6 Å². The quantitative estimate of drug-likeness (QED) is 0.846. The number of β-amino-alcohol motifs (C(OH)–C–C–N with tert-alkyl or cyclic N) is 1. The van der Waals surface area contributed by atoms with E-state index in [9.17, 15) is 5.11 Å². The molecule has 1 heterocycles. The number of halogens is 1. The van der Waals surface area contributed by atoms with Gasteiger partial charge in [-0.05, 0) is 44.5 Å². The van der Waals surface area contributed by atoms with Gasteiger partial charge in [0, 0.05) is 23.7 Å². The van der Waals surface area contributed by atoms with E-state index in [-0.39, 0.29) is 18.2 Å². The molecule has 1 aliphatic rings. The van der Waals surface area contributed by atoms with Gasteiger partial charge >= 0.3 is 0 Å². The average molecular weight is 300 g/mol. The molecule has 3 atom stereocenters. The van der Waals surface area contributed by atoms with Crippen LogP contribution in [0.5, 0.6) is 5.75 Å². The highest BCUT2D eigenvalue weighted by Gasteiger charge is 2.36. The van der Waals surface area contributed by atoms with Crippen molar-refractivity contribution in [3.05, 3.63) is 29.3 Å². The molecule has 3 unspecified atom stereocenters. The number of rotatable bonds is 6. The Hall–Kier alpha value is -0.810. The number of aliphatic hydroxyl groups excluding tert-OH is 1. The van der Waals surface area contributed by atoms with Gasteiger partial charge in [-0.25, -0.2) is 0 Å². The van der Waals surface area contributed by atoms with Crippen molar-refractivity contribution in [3.8, 4) is 5.75 Å². The Bertz CT molecular complexity index is 426. The SMILES string of the molecule is CC1OCCC1(C)NCC(O)COc1ccc(Cl)cc1. The van der Waals surface area contributed by atoms with Crippen molar-refractivity contribution in [1.29, 1.82) is 0 Å². The highest BCUT2D eigenvalue weighted by molar-refractivity contribution is 6.30. The monoisotopic (exact) mass is 299 g/mol. The lowest BCUT2D eigenvalue weighted by Gasteiger charge is -2.30. The minimum atomic E-state index is -0.560. The molecule has 4 nitrogen and oxygen atoms in total. The van der Waals surface area contributed by atoms with Crippen LogP contribution in [0.3, 0.4) is 0 Å². The lowest BCUT2D eigenvalue weighted by Crippen LogP contribution is -2.51. The Kier molecular flexibility index (Phi) is 5.27. The van der Waals surface area contributed by atoms with Crippen molar-refractivity contribution in [2.24, 2.45) is 0 Å². The van der Waals surface area contributed by atoms with Crippen LogP contribution in [-0.2, 0) is 4.74 Å². The van der Waals surface area contributed by atoms with Crippen molar-refractivity contribution >= 4 is 11.6 Å². The standard InChI is InChI=1S/C15H22ClNO3/c1-11-15(2,7-8-19-11)17-9-13(18)10-20-14-5-3-12(16)4-6-14/h3-6,11,13,17-18H,7-10H2,1-2H3. The zero-order valence-corrected chi connectivity index (χ0v) is 12.7. The molecule has 2 N–H and O–H groups in total. The van der Waals surface area contributed by atoms with Crippen molar-refractivity contribution in [3.63, 3.8) is 0 Å². The fourth-order valence-corrected chi connectivity index (χ4v) is 2.33. The zero-order valence-electron chi connectivity index (χ0n) is 11.9. The first-order valence-corrected chi connectivity index (χ1v) is 7.30. The Morgan fingerprint density at radius 1 is 1.50 bits per heavy atom. The second-order valence-corrected chi connectivity index (χ2v) is 5.92. The maximum atomic E-state index is 9.97. The molecule has 20 heavy (non-hydrogen) atoms. The summed E-state index contributed by atoms with van der Waals surface area (Å²) in [6.07, 6.45) is 0.557. The van der Waals surface area contributed by atoms with Gasteiger partial charge in [0.05, 0.1) is 6.10 Å². The summed E-state index contributed by atoms with van der Waals surface area (Å²) in [4.78, 5) is 0. The first-order chi connectivity index (χ1) is 9.49. The summed E-state index contributed by atoms with van der Waals surface area (Å²) in [7, 11) is 0. The lowest BCUT2D eigenvalue weighted by molar-refractivity contribution is 0.0686. The molecule has 0 aromatic heterocycles. The van der Waals surface area contributed by atoms with E-state index in [0.717, 1.165) is 13.0 Å². The molecule has 2 rings (SSSR count). The third-order valence-electron chi connectivity index (χ3n) is 3.88. The van der Waals surface area contributed by atoms with Crippen molar-refractivity contribution < 1.29 is 14.6 Å². The van der Waals surface area contributed by atoms with Crippen molar-refractivity contribution in [1.82, 2.24) is 5.32 Å². The Labute approximate surface area is 125 Å². The second kappa shape index (κ2) is 6.76. The van der Waals surface area contributed by atoms with E-state index in [2.05, 4.69) is 19.2 Å². The summed E-state index contributed by atoms with van der Waals surface area (Å²) in [6, 6.07) is 7.10. The highest BCUT2D eigenvalue weighted by atomic mass is 35.5. The van der Waals surface area contributed by atoms with Crippen LogP contribution in [0.25, 0.3) is 0 Å². The number of hydrogen-bond donors (Lipinski definition) is 2. The molecule has 5 heteroatoms. The Morgan fingerprint density at radius 3 is 2.80 bits per heavy atom. The topological polar surface area (TPSA) is 50.7 Å². The summed E-state index contributed by atoms with van der Waals surface area (Å²) in [5.41, 5.74) is -0.0682. The number of ether oxygens (including phenoxy) is 2. The second-order valence-electron chi connectivity index (χ2n) is 5.48. The maximum Gasteiger partial charge on any atom is 0.119 e. The normalized spacial score (nSPS) is 27.5. The molecule has 0 amide bonds. The average Bonchev–Trinajstić information content (AvgIpc) is 2.76. The zero-order chi connectivity index (χ0) is 14.6. The predicted molar refractivity (Wildman–Crippen MR) is 79.4 cm³/mol. The number of aliphatic hydroxyl groups is 1. The molecule has 0 aliphatic carbocycles. The van der Waals surface area contributed by atoms with E-state index in [1.807, 2.05) is 0 Å². The Balaban J connectivity index is 1.73. The molecule has 1 fully saturated rings. The van der Waals surface area contributed by atoms with E-state index in [1.165, 1.54) is 0 Å². The highest BCUT2D eigenvalue weighted by Crippen LogP contribution is 2.24. The van der Waals surface area contributed by atoms with Gasteiger partial charge in [-0.3, -0.25) is 0 Å². The summed E-state index contributed by atoms with van der Waals surface area (Å²) < 4.78 is 11.1. The van der Waals surface area contributed by atoms with Crippen LogP contribution in [0.15, 0.2) is 24.3 Å². The summed E-state index contributed by atoms with van der Waals surface area (Å²) in [5, 5.41) is 14.0. The summed E-state index contributed by atoms with van der Waals surface area (Å²) >= 11 is 5.80. The van der Waals surface area contributed by atoms with Gasteiger partial charge in [-0.15, -0.1) is 0 Å². The summed E-state index contributed by atoms with van der Waals surface area (Å²) in [5.74, 6) is 0.706. The largest absolute Gasteiger partial charge is 0.491 e. The van der Waals surface area contributed by atoms with E-state index < -0.39 is 6.10 Å². The molecular formula is C15H22ClNO3. The van der Waals surface area contributed by atoms with E-state index in [4.69, 9.17) is 21.1 Å². The fourth-order valence-electron chi connectivity index (χ4n) is 2.20. The van der Waals surface area contributed by atoms with Gasteiger partial charge in [0.2, 0.25) is 0 Å². The minimum absolute atomic E-state index is 0.0682. The van der Waals surface area contributed by atoms with Crippen molar-refractivity contribution in [2.45, 2.75) is 38.0 Å². The van der Waals surface area contributed by atoms with Crippen LogP contribution in [0.4, 0.5) is 0 Å². The van der Waals surface area contributed by atoms with Gasteiger partial charge < -0.3 is 19.9 Å². The van der Waals surface area contributed by atoms with Gasteiger partial charge in [-0.2, -0.15) is 0 Å². The minimum Gasteiger partial charge on any atom is -0.491 e. The van der Waals surface area contributed by atoms with E-state index >= 15 is 0 Å². The van der Waals surface area contributed by atoms with Crippen LogP contribution in [0, 0.1) is 0 Å². The lowest BCUT2D eigenvalue weighted by atomic mass is 9.94. The van der Waals surface area contributed by atoms with E-state index in [0.29, 0.717) is 17.3 Å². The van der Waals surface area contributed by atoms with Crippen LogP contribution < -0.4 is 10.1 Å². The number of benzene rings is 1. The van der Waals surface area contributed by atoms with Crippen LogP contribution in [0.2, 0.25) is 5.02 Å². The molecule has 1 saturated heterocycles. The smallest absolute Gasteiger partial charge is 0.119 e. The predicted octanol–water partition coefficient (Wildman–Crippen LogP) is 2.24. The van der Waals surface area contributed by atoms with Gasteiger partial charge in [0.25, 0.3) is 0 Å². The van der Waals surface area contributed by atoms with Crippen LogP contribution in [0.1, 0.15) is 20.3 Å². The van der Waals surface area contributed by atoms with Gasteiger partial charge in [0.1, 0.15) is 18.5 Å². The van der Waals surface area contributed by atoms with E-state index in [1.54, 1.807) is 24.3 Å². The third-order valence-corrected chi connectivity index (χ3v) is 4.14. The number of hydrogen-bond acceptors (Lipinski definition) is 4. The molecule has 1 aromatic rings. The van der Waals surface area contributed by atoms with Crippen molar-refractivity contribution in [2.75, 3.05) is 19.8 Å². The fraction of sp³-hybridized carbons (Fsp3) is 0.600. The first kappa shape index (κ1) is 15.6. The van der Waals surface area contributed by atoms with Crippen LogP contribution in [-0.4, -0.2) is 42.6 Å². The molecular weight excluding hydrogens is 278 g/mol. The Morgan fingerprint density at radius 2 is 2.20 bits per heavy atom. The molecule has 112 valence electrons. The first-order valence-electron chi connectivity index (χ1n) is 6.93. The summed E-state index contributed by atoms with van der Waals surface area (Å²) in [6.45, 7) is 5.67. The van der Waals surface area contributed by atoms with Gasteiger partial charge in [0.15, 0.2) is 0 Å². The molecule has 1 aromatic carbocycles. The molecule has 0 radical (unpaired) electrons. The molecule has 1 aliphatic heterocycles. The number of nitrogens with one attached hydrogen (secondary N) is 1. The molecule has 0 saturated carbocycles. The maximum absolute atomic E-state index is 9.97. The third kappa shape index (κ3) is 4.09.